The lowest BCUT2D eigenvalue weighted by Gasteiger charge is -2.43. The molecule has 0 aliphatic carbocycles. The molecule has 118 valence electrons. The molecule has 21 heavy (non-hydrogen) atoms. The van der Waals surface area contributed by atoms with Crippen molar-refractivity contribution in [2.24, 2.45) is 0 Å². The first-order valence-electron chi connectivity index (χ1n) is 7.71. The zero-order valence-electron chi connectivity index (χ0n) is 14.6. The monoisotopic (exact) mass is 321 g/mol. The Morgan fingerprint density at radius 1 is 1.00 bits per heavy atom. The molecule has 1 aromatic rings. The number of hydrogen-bond donors (Lipinski definition) is 0. The molecule has 0 unspecified atom stereocenters. The molecule has 0 atom stereocenters. The minimum atomic E-state index is -1.26. The van der Waals surface area contributed by atoms with Crippen molar-refractivity contribution in [1.82, 2.24) is 4.23 Å². The Balaban J connectivity index is 2.46. The zero-order chi connectivity index (χ0) is 16.1. The number of benzene rings is 1. The van der Waals surface area contributed by atoms with E-state index in [1.165, 1.54) is 5.56 Å². The van der Waals surface area contributed by atoms with Crippen LogP contribution in [-0.2, 0) is 11.3 Å². The fourth-order valence-corrected chi connectivity index (χ4v) is 12.3. The fraction of sp³-hybridized carbons (Fsp3) is 0.529. The van der Waals surface area contributed by atoms with Crippen LogP contribution in [0.15, 0.2) is 30.8 Å². The van der Waals surface area contributed by atoms with Crippen LogP contribution in [-0.4, -0.2) is 33.9 Å². The number of nitrogens with zero attached hydrogens (tertiary/aromatic N) is 1. The van der Waals surface area contributed by atoms with Crippen LogP contribution >= 0.6 is 0 Å². The zero-order valence-corrected chi connectivity index (χ0v) is 16.6. The Morgan fingerprint density at radius 3 is 1.95 bits per heavy atom. The second kappa shape index (κ2) is 7.54. The molecule has 0 spiro atoms. The van der Waals surface area contributed by atoms with Crippen LogP contribution in [0.3, 0.4) is 0 Å². The summed E-state index contributed by atoms with van der Waals surface area (Å²) in [5.41, 5.74) is 2.38. The molecule has 0 bridgehead atoms. The van der Waals surface area contributed by atoms with Crippen LogP contribution < -0.4 is 0 Å². The van der Waals surface area contributed by atoms with Gasteiger partial charge in [-0.15, -0.1) is 0 Å². The first-order chi connectivity index (χ1) is 9.64. The van der Waals surface area contributed by atoms with Gasteiger partial charge in [-0.05, 0) is 11.1 Å². The fourth-order valence-electron chi connectivity index (χ4n) is 2.77. The van der Waals surface area contributed by atoms with Gasteiger partial charge in [0.15, 0.2) is 0 Å². The van der Waals surface area contributed by atoms with E-state index >= 15 is 0 Å². The van der Waals surface area contributed by atoms with Gasteiger partial charge in [0.25, 0.3) is 0 Å². The highest BCUT2D eigenvalue weighted by atomic mass is 28.4. The standard InChI is InChI=1S/C17H31NOSi2/c1-8-16-9-11-17(12-10-16)15-19-14-13-18(20(2,3)4)21(5,6)7/h8-12H,1,13-15H2,2-7H3. The quantitative estimate of drug-likeness (QED) is 0.503. The molecule has 0 aliphatic heterocycles. The van der Waals surface area contributed by atoms with Crippen molar-refractivity contribution >= 4 is 22.5 Å². The number of hydrogen-bond acceptors (Lipinski definition) is 2. The van der Waals surface area contributed by atoms with Crippen LogP contribution in [0.4, 0.5) is 0 Å². The third-order valence-electron chi connectivity index (χ3n) is 3.56. The van der Waals surface area contributed by atoms with Gasteiger partial charge in [-0.25, -0.2) is 0 Å². The van der Waals surface area contributed by atoms with Crippen molar-refractivity contribution in [3.8, 4) is 0 Å². The van der Waals surface area contributed by atoms with Gasteiger partial charge in [-0.2, -0.15) is 0 Å². The highest BCUT2D eigenvalue weighted by Crippen LogP contribution is 2.19. The maximum absolute atomic E-state index is 5.89. The minimum Gasteiger partial charge on any atom is -0.375 e. The average Bonchev–Trinajstić information content (AvgIpc) is 2.36. The molecule has 0 saturated heterocycles. The third kappa shape index (κ3) is 6.30. The summed E-state index contributed by atoms with van der Waals surface area (Å²) >= 11 is 0. The second-order valence-electron chi connectivity index (χ2n) is 7.49. The summed E-state index contributed by atoms with van der Waals surface area (Å²) in [6, 6.07) is 8.40. The SMILES string of the molecule is C=Cc1ccc(COCCN([Si](C)(C)C)[Si](C)(C)C)cc1. The van der Waals surface area contributed by atoms with E-state index < -0.39 is 16.5 Å². The van der Waals surface area contributed by atoms with E-state index in [-0.39, 0.29) is 0 Å². The lowest BCUT2D eigenvalue weighted by atomic mass is 10.1. The first-order valence-corrected chi connectivity index (χ1v) is 14.6. The van der Waals surface area contributed by atoms with Gasteiger partial charge >= 0.3 is 0 Å². The van der Waals surface area contributed by atoms with Gasteiger partial charge in [0.1, 0.15) is 16.5 Å². The van der Waals surface area contributed by atoms with E-state index in [9.17, 15) is 0 Å². The molecule has 0 aromatic heterocycles. The summed E-state index contributed by atoms with van der Waals surface area (Å²) in [7, 11) is -2.52. The van der Waals surface area contributed by atoms with Crippen LogP contribution in [0.2, 0.25) is 39.3 Å². The molecular weight excluding hydrogens is 290 g/mol. The molecule has 0 N–H and O–H groups in total. The van der Waals surface area contributed by atoms with Gasteiger partial charge in [0, 0.05) is 6.54 Å². The summed E-state index contributed by atoms with van der Waals surface area (Å²) in [6.07, 6.45) is 1.87. The molecule has 0 amide bonds. The van der Waals surface area contributed by atoms with Gasteiger partial charge in [0.2, 0.25) is 0 Å². The molecule has 0 radical (unpaired) electrons. The molecule has 0 saturated carbocycles. The van der Waals surface area contributed by atoms with E-state index in [4.69, 9.17) is 4.74 Å². The van der Waals surface area contributed by atoms with Crippen molar-refractivity contribution in [2.45, 2.75) is 45.9 Å². The lowest BCUT2D eigenvalue weighted by molar-refractivity contribution is 0.117. The minimum absolute atomic E-state index is 0.697. The Hall–Kier alpha value is -0.686. The topological polar surface area (TPSA) is 12.5 Å². The van der Waals surface area contributed by atoms with E-state index in [2.05, 4.69) is 74.4 Å². The molecule has 4 heteroatoms. The molecule has 0 fully saturated rings. The summed E-state index contributed by atoms with van der Waals surface area (Å²) in [6.45, 7) is 20.9. The number of ether oxygens (including phenoxy) is 1. The van der Waals surface area contributed by atoms with E-state index in [0.717, 1.165) is 18.7 Å². The lowest BCUT2D eigenvalue weighted by Crippen LogP contribution is -2.59. The number of rotatable bonds is 8. The van der Waals surface area contributed by atoms with Gasteiger partial charge < -0.3 is 8.97 Å². The van der Waals surface area contributed by atoms with Crippen LogP contribution in [0.25, 0.3) is 6.08 Å². The van der Waals surface area contributed by atoms with Crippen LogP contribution in [0.1, 0.15) is 11.1 Å². The highest BCUT2D eigenvalue weighted by molar-refractivity contribution is 6.89. The highest BCUT2D eigenvalue weighted by Gasteiger charge is 2.33. The second-order valence-corrected chi connectivity index (χ2v) is 17.7. The molecule has 1 rings (SSSR count). The van der Waals surface area contributed by atoms with Gasteiger partial charge in [-0.3, -0.25) is 0 Å². The van der Waals surface area contributed by atoms with E-state index in [1.54, 1.807) is 0 Å². The molecular formula is C17H31NOSi2. The Morgan fingerprint density at radius 2 is 1.52 bits per heavy atom. The van der Waals surface area contributed by atoms with Crippen LogP contribution in [0, 0.1) is 0 Å². The summed E-state index contributed by atoms with van der Waals surface area (Å²) < 4.78 is 8.66. The maximum atomic E-state index is 5.89. The third-order valence-corrected chi connectivity index (χ3v) is 11.3. The van der Waals surface area contributed by atoms with E-state index in [0.29, 0.717) is 6.61 Å². The Kier molecular flexibility index (Phi) is 6.59. The van der Waals surface area contributed by atoms with Gasteiger partial charge in [0.05, 0.1) is 13.2 Å². The van der Waals surface area contributed by atoms with Crippen molar-refractivity contribution in [3.05, 3.63) is 42.0 Å². The van der Waals surface area contributed by atoms with Crippen molar-refractivity contribution in [3.63, 3.8) is 0 Å². The smallest absolute Gasteiger partial charge is 0.112 e. The predicted molar refractivity (Wildman–Crippen MR) is 99.6 cm³/mol. The predicted octanol–water partition coefficient (Wildman–Crippen LogP) is 4.82. The largest absolute Gasteiger partial charge is 0.375 e. The maximum Gasteiger partial charge on any atom is 0.112 e. The van der Waals surface area contributed by atoms with Crippen LogP contribution in [0.5, 0.6) is 0 Å². The summed E-state index contributed by atoms with van der Waals surface area (Å²) in [4.78, 5) is 0. The Bertz CT molecular complexity index is 429. The first kappa shape index (κ1) is 18.4. The van der Waals surface area contributed by atoms with Crippen molar-refractivity contribution < 1.29 is 4.74 Å². The summed E-state index contributed by atoms with van der Waals surface area (Å²) in [5.74, 6) is 0. The van der Waals surface area contributed by atoms with E-state index in [1.807, 2.05) is 6.08 Å². The molecule has 0 heterocycles. The van der Waals surface area contributed by atoms with Crippen molar-refractivity contribution in [2.75, 3.05) is 13.2 Å². The molecule has 1 aromatic carbocycles. The van der Waals surface area contributed by atoms with Crippen molar-refractivity contribution in [1.29, 1.82) is 0 Å². The molecule has 2 nitrogen and oxygen atoms in total. The van der Waals surface area contributed by atoms with Gasteiger partial charge in [-0.1, -0.05) is 76.2 Å². The average molecular weight is 322 g/mol. The Labute approximate surface area is 133 Å². The normalized spacial score (nSPS) is 12.7. The molecule has 0 aliphatic rings. The summed E-state index contributed by atoms with van der Waals surface area (Å²) in [5, 5.41) is 0.